The van der Waals surface area contributed by atoms with E-state index in [0.717, 1.165) is 32.1 Å². The van der Waals surface area contributed by atoms with Gasteiger partial charge >= 0.3 is 0 Å². The lowest BCUT2D eigenvalue weighted by Crippen LogP contribution is -2.52. The molecule has 0 spiro atoms. The molecule has 0 bridgehead atoms. The molecule has 0 heterocycles. The molecule has 0 unspecified atom stereocenters. The molecule has 2 saturated carbocycles. The summed E-state index contributed by atoms with van der Waals surface area (Å²) in [6.07, 6.45) is 5.59. The van der Waals surface area contributed by atoms with Gasteiger partial charge in [-0.25, -0.2) is 0 Å². The van der Waals surface area contributed by atoms with E-state index in [-0.39, 0.29) is 30.0 Å². The zero-order chi connectivity index (χ0) is 12.7. The summed E-state index contributed by atoms with van der Waals surface area (Å²) in [7, 11) is 0. The molecule has 0 amide bonds. The van der Waals surface area contributed by atoms with Gasteiger partial charge < -0.3 is 10.2 Å². The molecule has 0 aromatic heterocycles. The van der Waals surface area contributed by atoms with Crippen LogP contribution in [0.25, 0.3) is 0 Å². The van der Waals surface area contributed by atoms with E-state index in [9.17, 15) is 10.2 Å². The molecule has 2 rings (SSSR count). The third kappa shape index (κ3) is 1.86. The van der Waals surface area contributed by atoms with Crippen molar-refractivity contribution in [2.75, 3.05) is 13.2 Å². The Morgan fingerprint density at radius 2 is 2.00 bits per heavy atom. The molecular formula is C15H26O2. The maximum Gasteiger partial charge on any atom is 0.0501 e. The Morgan fingerprint density at radius 1 is 1.29 bits per heavy atom. The molecule has 2 fully saturated rings. The van der Waals surface area contributed by atoms with Crippen LogP contribution in [-0.4, -0.2) is 23.4 Å². The van der Waals surface area contributed by atoms with Crippen molar-refractivity contribution >= 4 is 0 Å². The van der Waals surface area contributed by atoms with Crippen LogP contribution in [0.2, 0.25) is 0 Å². The Labute approximate surface area is 105 Å². The molecule has 0 saturated heterocycles. The van der Waals surface area contributed by atoms with Crippen molar-refractivity contribution < 1.29 is 10.2 Å². The maximum absolute atomic E-state index is 9.74. The van der Waals surface area contributed by atoms with Gasteiger partial charge in [0.25, 0.3) is 0 Å². The largest absolute Gasteiger partial charge is 0.396 e. The van der Waals surface area contributed by atoms with Gasteiger partial charge in [-0.15, -0.1) is 0 Å². The summed E-state index contributed by atoms with van der Waals surface area (Å²) >= 11 is 0. The molecule has 2 aliphatic carbocycles. The molecule has 0 radical (unpaired) electrons. The van der Waals surface area contributed by atoms with E-state index in [1.165, 1.54) is 5.57 Å². The van der Waals surface area contributed by atoms with Gasteiger partial charge in [0.2, 0.25) is 0 Å². The fourth-order valence-electron chi connectivity index (χ4n) is 4.61. The first-order valence-electron chi connectivity index (χ1n) is 6.87. The number of aliphatic hydroxyl groups excluding tert-OH is 2. The van der Waals surface area contributed by atoms with Gasteiger partial charge in [-0.1, -0.05) is 32.4 Å². The topological polar surface area (TPSA) is 40.5 Å². The molecule has 2 heteroatoms. The van der Waals surface area contributed by atoms with Crippen molar-refractivity contribution in [2.24, 2.45) is 22.7 Å². The van der Waals surface area contributed by atoms with Crippen molar-refractivity contribution in [3.05, 3.63) is 12.2 Å². The second-order valence-electron chi connectivity index (χ2n) is 6.66. The molecule has 2 nitrogen and oxygen atoms in total. The molecule has 2 N–H and O–H groups in total. The third-order valence-electron chi connectivity index (χ3n) is 5.69. The summed E-state index contributed by atoms with van der Waals surface area (Å²) in [5, 5.41) is 19.4. The highest BCUT2D eigenvalue weighted by atomic mass is 16.3. The lowest BCUT2D eigenvalue weighted by molar-refractivity contribution is -0.0935. The van der Waals surface area contributed by atoms with E-state index in [4.69, 9.17) is 0 Å². The van der Waals surface area contributed by atoms with Crippen LogP contribution >= 0.6 is 0 Å². The Hall–Kier alpha value is -0.340. The van der Waals surface area contributed by atoms with Crippen LogP contribution in [-0.2, 0) is 0 Å². The highest BCUT2D eigenvalue weighted by molar-refractivity contribution is 5.16. The van der Waals surface area contributed by atoms with Crippen LogP contribution in [0.3, 0.4) is 0 Å². The Bertz CT molecular complexity index is 312. The summed E-state index contributed by atoms with van der Waals surface area (Å²) in [6, 6.07) is 0. The van der Waals surface area contributed by atoms with Crippen LogP contribution in [0.1, 0.15) is 46.0 Å². The van der Waals surface area contributed by atoms with E-state index in [1.54, 1.807) is 0 Å². The predicted molar refractivity (Wildman–Crippen MR) is 69.6 cm³/mol. The van der Waals surface area contributed by atoms with Crippen molar-refractivity contribution in [3.8, 4) is 0 Å². The zero-order valence-corrected chi connectivity index (χ0v) is 11.2. The van der Waals surface area contributed by atoms with Crippen LogP contribution in [0.15, 0.2) is 12.2 Å². The van der Waals surface area contributed by atoms with Crippen LogP contribution < -0.4 is 0 Å². The van der Waals surface area contributed by atoms with Crippen molar-refractivity contribution in [3.63, 3.8) is 0 Å². The van der Waals surface area contributed by atoms with E-state index >= 15 is 0 Å². The van der Waals surface area contributed by atoms with E-state index in [0.29, 0.717) is 5.92 Å². The van der Waals surface area contributed by atoms with Gasteiger partial charge in [0.05, 0.1) is 6.61 Å². The second-order valence-corrected chi connectivity index (χ2v) is 6.66. The average Bonchev–Trinajstić information content (AvgIpc) is 2.28. The molecule has 98 valence electrons. The minimum atomic E-state index is 0.0428. The first-order chi connectivity index (χ1) is 7.98. The van der Waals surface area contributed by atoms with Crippen molar-refractivity contribution in [1.82, 2.24) is 0 Å². The summed E-state index contributed by atoms with van der Waals surface area (Å²) in [5.74, 6) is 0.754. The summed E-state index contributed by atoms with van der Waals surface area (Å²) in [4.78, 5) is 0. The maximum atomic E-state index is 9.74. The first kappa shape index (κ1) is 13.1. The van der Waals surface area contributed by atoms with E-state index in [2.05, 4.69) is 20.4 Å². The van der Waals surface area contributed by atoms with Gasteiger partial charge in [0.1, 0.15) is 0 Å². The van der Waals surface area contributed by atoms with Gasteiger partial charge in [0, 0.05) is 12.5 Å². The summed E-state index contributed by atoms with van der Waals surface area (Å²) in [5.41, 5.74) is 1.40. The highest BCUT2D eigenvalue weighted by Gasteiger charge is 2.54. The van der Waals surface area contributed by atoms with Crippen LogP contribution in [0.4, 0.5) is 0 Å². The summed E-state index contributed by atoms with van der Waals surface area (Å²) < 4.78 is 0. The normalized spacial score (nSPS) is 46.7. The molecule has 0 aliphatic heterocycles. The third-order valence-corrected chi connectivity index (χ3v) is 5.69. The molecule has 17 heavy (non-hydrogen) atoms. The van der Waals surface area contributed by atoms with Gasteiger partial charge in [-0.05, 0) is 42.4 Å². The number of rotatable bonds is 2. The van der Waals surface area contributed by atoms with Gasteiger partial charge in [-0.2, -0.15) is 0 Å². The number of hydrogen-bond acceptors (Lipinski definition) is 2. The quantitative estimate of drug-likeness (QED) is 0.726. The fraction of sp³-hybridized carbons (Fsp3) is 0.867. The number of hydrogen-bond donors (Lipinski definition) is 2. The molecule has 0 aromatic carbocycles. The highest BCUT2D eigenvalue weighted by Crippen LogP contribution is 2.60. The number of fused-ring (bicyclic) bond motifs is 1. The Kier molecular flexibility index (Phi) is 3.39. The van der Waals surface area contributed by atoms with Crippen LogP contribution in [0, 0.1) is 22.7 Å². The van der Waals surface area contributed by atoms with Gasteiger partial charge in [-0.3, -0.25) is 0 Å². The number of aliphatic hydroxyl groups is 2. The minimum Gasteiger partial charge on any atom is -0.396 e. The smallest absolute Gasteiger partial charge is 0.0501 e. The van der Waals surface area contributed by atoms with E-state index < -0.39 is 0 Å². The van der Waals surface area contributed by atoms with Crippen LogP contribution in [0.5, 0.6) is 0 Å². The zero-order valence-electron chi connectivity index (χ0n) is 11.2. The average molecular weight is 238 g/mol. The van der Waals surface area contributed by atoms with Gasteiger partial charge in [0.15, 0.2) is 0 Å². The minimum absolute atomic E-state index is 0.0428. The lowest BCUT2D eigenvalue weighted by atomic mass is 9.47. The van der Waals surface area contributed by atoms with Crippen molar-refractivity contribution in [2.45, 2.75) is 46.0 Å². The Balaban J connectivity index is 2.35. The summed E-state index contributed by atoms with van der Waals surface area (Å²) in [6.45, 7) is 9.17. The standard InChI is InChI=1S/C15H26O2/c1-11-5-6-13-14(2,10-17)7-4-8-15(13,3)12(11)9-16/h12-13,16-17H,1,4-10H2,2-3H3/t12-,13-,14+,15+/m0/s1. The van der Waals surface area contributed by atoms with E-state index in [1.807, 2.05) is 0 Å². The second kappa shape index (κ2) is 4.40. The predicted octanol–water partition coefficient (Wildman–Crippen LogP) is 2.75. The monoisotopic (exact) mass is 238 g/mol. The SMILES string of the molecule is C=C1CC[C@H]2[C@@](C)(CO)CCC[C@]2(C)[C@H]1CO. The van der Waals surface area contributed by atoms with Crippen molar-refractivity contribution in [1.29, 1.82) is 0 Å². The molecule has 0 aromatic rings. The first-order valence-corrected chi connectivity index (χ1v) is 6.87. The lowest BCUT2D eigenvalue weighted by Gasteiger charge is -2.58. The molecular weight excluding hydrogens is 212 g/mol. The Morgan fingerprint density at radius 3 is 2.59 bits per heavy atom. The molecule has 2 aliphatic rings. The fourth-order valence-corrected chi connectivity index (χ4v) is 4.61. The molecule has 4 atom stereocenters.